The lowest BCUT2D eigenvalue weighted by Crippen LogP contribution is -2.24. The van der Waals surface area contributed by atoms with Gasteiger partial charge in [-0.3, -0.25) is 4.72 Å². The lowest BCUT2D eigenvalue weighted by atomic mass is 10.1. The van der Waals surface area contributed by atoms with E-state index in [0.29, 0.717) is 11.1 Å². The first kappa shape index (κ1) is 21.2. The molecule has 3 rings (SSSR count). The van der Waals surface area contributed by atoms with Crippen molar-refractivity contribution < 1.29 is 18.3 Å². The first-order valence-corrected chi connectivity index (χ1v) is 11.4. The Labute approximate surface area is 172 Å². The van der Waals surface area contributed by atoms with Crippen LogP contribution in [0.1, 0.15) is 52.7 Å². The molecule has 0 saturated carbocycles. The number of rotatable bonds is 5. The molecule has 0 bridgehead atoms. The number of hydrogen-bond acceptors (Lipinski definition) is 4. The number of benzene rings is 2. The van der Waals surface area contributed by atoms with Crippen LogP contribution in [0.5, 0.6) is 0 Å². The van der Waals surface area contributed by atoms with Crippen molar-refractivity contribution in [2.45, 2.75) is 51.3 Å². The van der Waals surface area contributed by atoms with Crippen LogP contribution in [0, 0.1) is 20.8 Å². The van der Waals surface area contributed by atoms with Gasteiger partial charge in [-0.25, -0.2) is 13.2 Å². The Hall–Kier alpha value is -2.54. The number of hydrogen-bond donors (Lipinski definition) is 2. The minimum Gasteiger partial charge on any atom is -0.478 e. The van der Waals surface area contributed by atoms with Crippen molar-refractivity contribution >= 4 is 27.4 Å². The SMILES string of the molecule is Cc1cc(C)c(S(=O)(=O)Nc2ccc(N3CCCCCC3)cc2C(=O)O)c(C)c1. The van der Waals surface area contributed by atoms with Crippen molar-refractivity contribution in [1.29, 1.82) is 0 Å². The van der Waals surface area contributed by atoms with Crippen LogP contribution in [0.2, 0.25) is 0 Å². The maximum absolute atomic E-state index is 13.0. The highest BCUT2D eigenvalue weighted by Crippen LogP contribution is 2.29. The van der Waals surface area contributed by atoms with Crippen molar-refractivity contribution in [1.82, 2.24) is 0 Å². The first-order valence-electron chi connectivity index (χ1n) is 9.92. The molecule has 2 aromatic rings. The Balaban J connectivity index is 1.97. The lowest BCUT2D eigenvalue weighted by molar-refractivity contribution is 0.0698. The number of nitrogens with one attached hydrogen (secondary N) is 1. The molecule has 1 fully saturated rings. The summed E-state index contributed by atoms with van der Waals surface area (Å²) in [5, 5.41) is 9.70. The maximum atomic E-state index is 13.0. The largest absolute Gasteiger partial charge is 0.478 e. The van der Waals surface area contributed by atoms with E-state index in [4.69, 9.17) is 0 Å². The molecule has 1 heterocycles. The summed E-state index contributed by atoms with van der Waals surface area (Å²) >= 11 is 0. The quantitative estimate of drug-likeness (QED) is 0.750. The molecule has 0 amide bonds. The molecule has 0 aromatic heterocycles. The van der Waals surface area contributed by atoms with Crippen LogP contribution in [0.4, 0.5) is 11.4 Å². The third kappa shape index (κ3) is 4.72. The number of sulfonamides is 1. The normalized spacial score (nSPS) is 15.1. The molecule has 29 heavy (non-hydrogen) atoms. The summed E-state index contributed by atoms with van der Waals surface area (Å²) in [5.74, 6) is -1.16. The highest BCUT2D eigenvalue weighted by molar-refractivity contribution is 7.92. The van der Waals surface area contributed by atoms with E-state index >= 15 is 0 Å². The second-order valence-electron chi connectivity index (χ2n) is 7.77. The van der Waals surface area contributed by atoms with Crippen molar-refractivity contribution in [3.8, 4) is 0 Å². The van der Waals surface area contributed by atoms with Gasteiger partial charge in [-0.1, -0.05) is 30.5 Å². The summed E-state index contributed by atoms with van der Waals surface area (Å²) in [7, 11) is -3.92. The monoisotopic (exact) mass is 416 g/mol. The van der Waals surface area contributed by atoms with Crippen molar-refractivity contribution in [2.75, 3.05) is 22.7 Å². The fourth-order valence-electron chi connectivity index (χ4n) is 4.11. The van der Waals surface area contributed by atoms with E-state index in [1.54, 1.807) is 32.0 Å². The lowest BCUT2D eigenvalue weighted by Gasteiger charge is -2.24. The molecule has 0 unspecified atom stereocenters. The minimum atomic E-state index is -3.92. The average molecular weight is 417 g/mol. The zero-order valence-corrected chi connectivity index (χ0v) is 18.0. The van der Waals surface area contributed by atoms with Gasteiger partial charge in [0.2, 0.25) is 0 Å². The average Bonchev–Trinajstić information content (AvgIpc) is 2.89. The molecule has 0 radical (unpaired) electrons. The third-order valence-corrected chi connectivity index (χ3v) is 6.99. The predicted octanol–water partition coefficient (Wildman–Crippen LogP) is 4.49. The van der Waals surface area contributed by atoms with Crippen LogP contribution in [-0.2, 0) is 10.0 Å². The number of nitrogens with zero attached hydrogens (tertiary/aromatic N) is 1. The predicted molar refractivity (Wildman–Crippen MR) is 116 cm³/mol. The molecule has 1 saturated heterocycles. The number of carboxylic acids is 1. The van der Waals surface area contributed by atoms with E-state index in [0.717, 1.165) is 37.2 Å². The van der Waals surface area contributed by atoms with Gasteiger partial charge < -0.3 is 10.0 Å². The highest BCUT2D eigenvalue weighted by atomic mass is 32.2. The first-order chi connectivity index (χ1) is 13.7. The molecule has 156 valence electrons. The minimum absolute atomic E-state index is 0.0438. The number of aromatic carboxylic acids is 1. The van der Waals surface area contributed by atoms with E-state index in [-0.39, 0.29) is 16.1 Å². The zero-order valence-electron chi connectivity index (χ0n) is 17.2. The number of aryl methyl sites for hydroxylation is 3. The Morgan fingerprint density at radius 2 is 1.55 bits per heavy atom. The van der Waals surface area contributed by atoms with Gasteiger partial charge in [0, 0.05) is 18.8 Å². The number of anilines is 2. The van der Waals surface area contributed by atoms with Crippen molar-refractivity contribution in [3.63, 3.8) is 0 Å². The second-order valence-corrected chi connectivity index (χ2v) is 9.39. The molecule has 0 aliphatic carbocycles. The van der Waals surface area contributed by atoms with E-state index in [9.17, 15) is 18.3 Å². The van der Waals surface area contributed by atoms with Gasteiger partial charge in [-0.2, -0.15) is 0 Å². The Bertz CT molecular complexity index is 1000. The van der Waals surface area contributed by atoms with Crippen LogP contribution >= 0.6 is 0 Å². The molecular formula is C22H28N2O4S. The van der Waals surface area contributed by atoms with E-state index in [1.807, 2.05) is 19.1 Å². The molecule has 1 aliphatic heterocycles. The summed E-state index contributed by atoms with van der Waals surface area (Å²) in [6, 6.07) is 8.54. The summed E-state index contributed by atoms with van der Waals surface area (Å²) in [6.45, 7) is 7.16. The van der Waals surface area contributed by atoms with Gasteiger partial charge in [0.1, 0.15) is 0 Å². The van der Waals surface area contributed by atoms with E-state index in [2.05, 4.69) is 9.62 Å². The smallest absolute Gasteiger partial charge is 0.337 e. The Kier molecular flexibility index (Phi) is 6.17. The molecule has 7 heteroatoms. The summed E-state index contributed by atoms with van der Waals surface area (Å²) < 4.78 is 28.6. The molecule has 0 spiro atoms. The standard InChI is InChI=1S/C22H28N2O4S/c1-15-12-16(2)21(17(3)13-15)29(27,28)23-20-9-8-18(14-19(20)22(25)26)24-10-6-4-5-7-11-24/h8-9,12-14,23H,4-7,10-11H2,1-3H3,(H,25,26). The van der Waals surface area contributed by atoms with Gasteiger partial charge in [0.25, 0.3) is 10.0 Å². The van der Waals surface area contributed by atoms with Crippen LogP contribution in [-0.4, -0.2) is 32.6 Å². The number of carbonyl (C=O) groups is 1. The summed E-state index contributed by atoms with van der Waals surface area (Å²) in [6.07, 6.45) is 4.50. The highest BCUT2D eigenvalue weighted by Gasteiger charge is 2.23. The van der Waals surface area contributed by atoms with Crippen molar-refractivity contribution in [2.24, 2.45) is 0 Å². The van der Waals surface area contributed by atoms with E-state index < -0.39 is 16.0 Å². The summed E-state index contributed by atoms with van der Waals surface area (Å²) in [4.78, 5) is 14.2. The van der Waals surface area contributed by atoms with Crippen LogP contribution < -0.4 is 9.62 Å². The maximum Gasteiger partial charge on any atom is 0.337 e. The fraction of sp³-hybridized carbons (Fsp3) is 0.409. The molecule has 2 N–H and O–H groups in total. The number of carboxylic acid groups (broad SMARTS) is 1. The Morgan fingerprint density at radius 1 is 0.966 bits per heavy atom. The van der Waals surface area contributed by atoms with E-state index in [1.165, 1.54) is 12.8 Å². The molecule has 2 aromatic carbocycles. The molecular weight excluding hydrogens is 388 g/mol. The van der Waals surface area contributed by atoms with Gasteiger partial charge in [-0.15, -0.1) is 0 Å². The van der Waals surface area contributed by atoms with Gasteiger partial charge in [0.05, 0.1) is 16.1 Å². The third-order valence-electron chi connectivity index (χ3n) is 5.32. The van der Waals surface area contributed by atoms with Gasteiger partial charge in [0.15, 0.2) is 0 Å². The zero-order chi connectivity index (χ0) is 21.2. The fourth-order valence-corrected chi connectivity index (χ4v) is 5.65. The molecule has 6 nitrogen and oxygen atoms in total. The Morgan fingerprint density at radius 3 is 2.10 bits per heavy atom. The van der Waals surface area contributed by atoms with Gasteiger partial charge >= 0.3 is 5.97 Å². The van der Waals surface area contributed by atoms with Crippen LogP contribution in [0.3, 0.4) is 0 Å². The van der Waals surface area contributed by atoms with Gasteiger partial charge in [-0.05, 0) is 62.9 Å². The molecule has 0 atom stereocenters. The van der Waals surface area contributed by atoms with Crippen LogP contribution in [0.15, 0.2) is 35.2 Å². The summed E-state index contributed by atoms with van der Waals surface area (Å²) in [5.41, 5.74) is 3.09. The second kappa shape index (κ2) is 8.45. The van der Waals surface area contributed by atoms with Crippen LogP contribution in [0.25, 0.3) is 0 Å². The molecule has 1 aliphatic rings. The topological polar surface area (TPSA) is 86.7 Å². The van der Waals surface area contributed by atoms with Crippen molar-refractivity contribution in [3.05, 3.63) is 52.6 Å².